The number of hydrogen-bond acceptors (Lipinski definition) is 2. The zero-order valence-corrected chi connectivity index (χ0v) is 16.6. The van der Waals surface area contributed by atoms with Crippen LogP contribution in [0.2, 0.25) is 0 Å². The van der Waals surface area contributed by atoms with E-state index in [1.165, 1.54) is 21.7 Å². The number of anilines is 1. The number of para-hydroxylation sites is 1. The van der Waals surface area contributed by atoms with Crippen LogP contribution in [0.5, 0.6) is 0 Å². The van der Waals surface area contributed by atoms with Crippen molar-refractivity contribution < 1.29 is 9.69 Å². The molecule has 0 saturated carbocycles. The van der Waals surface area contributed by atoms with Crippen molar-refractivity contribution in [1.29, 1.82) is 0 Å². The topological polar surface area (TPSA) is 36.8 Å². The number of quaternary nitrogens is 1. The van der Waals surface area contributed by atoms with Crippen molar-refractivity contribution in [3.63, 3.8) is 0 Å². The van der Waals surface area contributed by atoms with Gasteiger partial charge in [0.05, 0.1) is 26.2 Å². The SMILES string of the molecule is CC(C)c1ccc(CCNC(=O)C[NH+]2CCN(c3ccccc3)CC2)cc1. The van der Waals surface area contributed by atoms with Crippen molar-refractivity contribution in [3.05, 3.63) is 65.7 Å². The molecule has 0 atom stereocenters. The van der Waals surface area contributed by atoms with Gasteiger partial charge in [0.15, 0.2) is 6.54 Å². The van der Waals surface area contributed by atoms with Gasteiger partial charge in [-0.05, 0) is 35.6 Å². The molecule has 3 rings (SSSR count). The minimum atomic E-state index is 0.164. The highest BCUT2D eigenvalue weighted by atomic mass is 16.2. The van der Waals surface area contributed by atoms with E-state index < -0.39 is 0 Å². The number of carbonyl (C=O) groups is 1. The Kier molecular flexibility index (Phi) is 6.88. The number of rotatable bonds is 7. The van der Waals surface area contributed by atoms with Crippen molar-refractivity contribution in [2.75, 3.05) is 44.2 Å². The van der Waals surface area contributed by atoms with Crippen molar-refractivity contribution in [2.45, 2.75) is 26.2 Å². The largest absolute Gasteiger partial charge is 0.360 e. The van der Waals surface area contributed by atoms with Crippen LogP contribution in [0.3, 0.4) is 0 Å². The Morgan fingerprint density at radius 3 is 2.33 bits per heavy atom. The van der Waals surface area contributed by atoms with Crippen LogP contribution >= 0.6 is 0 Å². The zero-order valence-electron chi connectivity index (χ0n) is 16.6. The third-order valence-electron chi connectivity index (χ3n) is 5.38. The maximum absolute atomic E-state index is 12.3. The number of piperazine rings is 1. The molecule has 0 unspecified atom stereocenters. The molecule has 0 aliphatic carbocycles. The monoisotopic (exact) mass is 366 g/mol. The molecule has 2 aromatic rings. The Morgan fingerprint density at radius 1 is 1.04 bits per heavy atom. The quantitative estimate of drug-likeness (QED) is 0.785. The molecular weight excluding hydrogens is 334 g/mol. The highest BCUT2D eigenvalue weighted by molar-refractivity contribution is 5.76. The van der Waals surface area contributed by atoms with Crippen LogP contribution in [-0.4, -0.2) is 45.2 Å². The van der Waals surface area contributed by atoms with Crippen LogP contribution in [0.15, 0.2) is 54.6 Å². The van der Waals surface area contributed by atoms with E-state index in [2.05, 4.69) is 72.6 Å². The first-order valence-corrected chi connectivity index (χ1v) is 10.1. The zero-order chi connectivity index (χ0) is 19.1. The summed E-state index contributed by atoms with van der Waals surface area (Å²) in [4.78, 5) is 16.0. The van der Waals surface area contributed by atoms with Gasteiger partial charge in [0.2, 0.25) is 0 Å². The van der Waals surface area contributed by atoms with Crippen LogP contribution < -0.4 is 15.1 Å². The fourth-order valence-electron chi connectivity index (χ4n) is 3.60. The fourth-order valence-corrected chi connectivity index (χ4v) is 3.60. The molecular formula is C23H32N3O+. The normalized spacial score (nSPS) is 15.1. The fraction of sp³-hybridized carbons (Fsp3) is 0.435. The van der Waals surface area contributed by atoms with Crippen molar-refractivity contribution in [1.82, 2.24) is 5.32 Å². The van der Waals surface area contributed by atoms with Gasteiger partial charge < -0.3 is 15.1 Å². The Hall–Kier alpha value is -2.33. The summed E-state index contributed by atoms with van der Waals surface area (Å²) in [5.74, 6) is 0.723. The summed E-state index contributed by atoms with van der Waals surface area (Å²) in [5.41, 5.74) is 3.93. The maximum atomic E-state index is 12.3. The van der Waals surface area contributed by atoms with Gasteiger partial charge in [0.25, 0.3) is 5.91 Å². The summed E-state index contributed by atoms with van der Waals surface area (Å²) < 4.78 is 0. The summed E-state index contributed by atoms with van der Waals surface area (Å²) in [6.07, 6.45) is 0.890. The number of hydrogen-bond donors (Lipinski definition) is 2. The lowest BCUT2D eigenvalue weighted by Gasteiger charge is -2.33. The van der Waals surface area contributed by atoms with E-state index in [4.69, 9.17) is 0 Å². The maximum Gasteiger partial charge on any atom is 0.275 e. The Bertz CT molecular complexity index is 704. The van der Waals surface area contributed by atoms with Gasteiger partial charge in [0, 0.05) is 12.2 Å². The van der Waals surface area contributed by atoms with Gasteiger partial charge in [-0.25, -0.2) is 0 Å². The standard InChI is InChI=1S/C23H31N3O/c1-19(2)21-10-8-20(9-11-21)12-13-24-23(27)18-25-14-16-26(17-15-25)22-6-4-3-5-7-22/h3-11,19H,12-18H2,1-2H3,(H,24,27)/p+1. The van der Waals surface area contributed by atoms with Gasteiger partial charge in [-0.1, -0.05) is 56.3 Å². The predicted molar refractivity (Wildman–Crippen MR) is 111 cm³/mol. The molecule has 1 saturated heterocycles. The molecule has 1 amide bonds. The third kappa shape index (κ3) is 5.83. The van der Waals surface area contributed by atoms with E-state index in [-0.39, 0.29) is 5.91 Å². The van der Waals surface area contributed by atoms with Crippen molar-refractivity contribution in [3.8, 4) is 0 Å². The number of benzene rings is 2. The average molecular weight is 367 g/mol. The van der Waals surface area contributed by atoms with E-state index in [1.54, 1.807) is 0 Å². The molecule has 1 fully saturated rings. The number of nitrogens with one attached hydrogen (secondary N) is 2. The molecule has 0 spiro atoms. The summed E-state index contributed by atoms with van der Waals surface area (Å²) in [7, 11) is 0. The van der Waals surface area contributed by atoms with Gasteiger partial charge >= 0.3 is 0 Å². The summed E-state index contributed by atoms with van der Waals surface area (Å²) in [6.45, 7) is 9.74. The lowest BCUT2D eigenvalue weighted by atomic mass is 10.0. The molecule has 0 radical (unpaired) electrons. The molecule has 1 heterocycles. The van der Waals surface area contributed by atoms with E-state index in [0.29, 0.717) is 19.0 Å². The minimum Gasteiger partial charge on any atom is -0.360 e. The highest BCUT2D eigenvalue weighted by Crippen LogP contribution is 2.15. The molecule has 4 nitrogen and oxygen atoms in total. The highest BCUT2D eigenvalue weighted by Gasteiger charge is 2.22. The lowest BCUT2D eigenvalue weighted by Crippen LogP contribution is -3.16. The van der Waals surface area contributed by atoms with Crippen LogP contribution in [0.1, 0.15) is 30.9 Å². The number of amides is 1. The second kappa shape index (κ2) is 9.56. The van der Waals surface area contributed by atoms with Gasteiger partial charge in [-0.15, -0.1) is 0 Å². The van der Waals surface area contributed by atoms with E-state index in [1.807, 2.05) is 6.07 Å². The predicted octanol–water partition coefficient (Wildman–Crippen LogP) is 1.87. The minimum absolute atomic E-state index is 0.164. The Balaban J connectivity index is 1.35. The Morgan fingerprint density at radius 2 is 1.70 bits per heavy atom. The smallest absolute Gasteiger partial charge is 0.275 e. The molecule has 0 bridgehead atoms. The van der Waals surface area contributed by atoms with Crippen LogP contribution in [0, 0.1) is 0 Å². The van der Waals surface area contributed by atoms with Crippen molar-refractivity contribution >= 4 is 11.6 Å². The summed E-state index contributed by atoms with van der Waals surface area (Å²) in [6, 6.07) is 19.3. The van der Waals surface area contributed by atoms with E-state index in [9.17, 15) is 4.79 Å². The number of carbonyl (C=O) groups excluding carboxylic acids is 1. The molecule has 1 aliphatic rings. The van der Waals surface area contributed by atoms with Crippen LogP contribution in [-0.2, 0) is 11.2 Å². The first kappa shape index (κ1) is 19.4. The Labute approximate surface area is 163 Å². The number of nitrogens with zero attached hydrogens (tertiary/aromatic N) is 1. The summed E-state index contributed by atoms with van der Waals surface area (Å²) in [5, 5.41) is 3.09. The van der Waals surface area contributed by atoms with Gasteiger partial charge in [0.1, 0.15) is 0 Å². The lowest BCUT2D eigenvalue weighted by molar-refractivity contribution is -0.892. The second-order valence-corrected chi connectivity index (χ2v) is 7.75. The molecule has 2 aromatic carbocycles. The molecule has 4 heteroatoms. The van der Waals surface area contributed by atoms with Crippen LogP contribution in [0.25, 0.3) is 0 Å². The molecule has 27 heavy (non-hydrogen) atoms. The average Bonchev–Trinajstić information content (AvgIpc) is 2.69. The van der Waals surface area contributed by atoms with E-state index >= 15 is 0 Å². The first-order valence-electron chi connectivity index (χ1n) is 10.1. The molecule has 0 aromatic heterocycles. The molecule has 144 valence electrons. The van der Waals surface area contributed by atoms with Crippen molar-refractivity contribution in [2.24, 2.45) is 0 Å². The van der Waals surface area contributed by atoms with Crippen LogP contribution in [0.4, 0.5) is 5.69 Å². The second-order valence-electron chi connectivity index (χ2n) is 7.75. The van der Waals surface area contributed by atoms with Gasteiger partial charge in [-0.3, -0.25) is 4.79 Å². The first-order chi connectivity index (χ1) is 13.1. The summed E-state index contributed by atoms with van der Waals surface area (Å²) >= 11 is 0. The van der Waals surface area contributed by atoms with Gasteiger partial charge in [-0.2, -0.15) is 0 Å². The third-order valence-corrected chi connectivity index (χ3v) is 5.38. The molecule has 2 N–H and O–H groups in total. The van der Waals surface area contributed by atoms with E-state index in [0.717, 1.165) is 32.6 Å². The molecule has 1 aliphatic heterocycles.